The number of carbonyl (C=O) groups is 1. The molecule has 1 N–H and O–H groups in total. The minimum atomic E-state index is 0.131. The average molecular weight is 275 g/mol. The fourth-order valence-electron chi connectivity index (χ4n) is 2.61. The molecule has 0 saturated carbocycles. The smallest absolute Gasteiger partial charge is 0.254 e. The van der Waals surface area contributed by atoms with Gasteiger partial charge in [0.15, 0.2) is 0 Å². The maximum atomic E-state index is 12.6. The van der Waals surface area contributed by atoms with Crippen LogP contribution in [0.15, 0.2) is 12.1 Å². The first-order valence-electron chi connectivity index (χ1n) is 7.53. The van der Waals surface area contributed by atoms with Crippen molar-refractivity contribution in [2.75, 3.05) is 25.0 Å². The van der Waals surface area contributed by atoms with E-state index in [9.17, 15) is 4.79 Å². The summed E-state index contributed by atoms with van der Waals surface area (Å²) in [5.41, 5.74) is 1.63. The summed E-state index contributed by atoms with van der Waals surface area (Å²) >= 11 is 0. The molecule has 2 unspecified atom stereocenters. The van der Waals surface area contributed by atoms with Crippen LogP contribution in [0.25, 0.3) is 0 Å². The summed E-state index contributed by atoms with van der Waals surface area (Å²) in [5.74, 6) is 2.10. The molecule has 1 fully saturated rings. The lowest BCUT2D eigenvalue weighted by Gasteiger charge is -2.17. The van der Waals surface area contributed by atoms with Crippen LogP contribution in [-0.2, 0) is 0 Å². The molecule has 4 heteroatoms. The number of pyridine rings is 1. The molecule has 0 aromatic carbocycles. The van der Waals surface area contributed by atoms with Gasteiger partial charge in [0, 0.05) is 30.9 Å². The van der Waals surface area contributed by atoms with E-state index in [1.54, 1.807) is 0 Å². The van der Waals surface area contributed by atoms with Crippen LogP contribution in [0.3, 0.4) is 0 Å². The van der Waals surface area contributed by atoms with Gasteiger partial charge in [0.05, 0.1) is 0 Å². The number of nitrogens with one attached hydrogen (secondary N) is 1. The number of rotatable bonds is 4. The van der Waals surface area contributed by atoms with Crippen LogP contribution in [0.4, 0.5) is 5.82 Å². The van der Waals surface area contributed by atoms with E-state index in [1.165, 1.54) is 0 Å². The highest BCUT2D eigenvalue weighted by atomic mass is 16.2. The summed E-state index contributed by atoms with van der Waals surface area (Å²) < 4.78 is 0. The third-order valence-electron chi connectivity index (χ3n) is 4.03. The molecule has 2 rings (SSSR count). The Morgan fingerprint density at radius 3 is 2.60 bits per heavy atom. The van der Waals surface area contributed by atoms with Crippen LogP contribution in [0.2, 0.25) is 0 Å². The van der Waals surface area contributed by atoms with Gasteiger partial charge in [0.25, 0.3) is 5.91 Å². The second kappa shape index (κ2) is 6.25. The molecule has 4 nitrogen and oxygen atoms in total. The Kier molecular flexibility index (Phi) is 4.63. The number of aryl methyl sites for hydroxylation is 1. The molecule has 2 heterocycles. The molecule has 0 radical (unpaired) electrons. The van der Waals surface area contributed by atoms with Crippen LogP contribution < -0.4 is 5.32 Å². The second-order valence-corrected chi connectivity index (χ2v) is 5.97. The van der Waals surface area contributed by atoms with Crippen molar-refractivity contribution in [3.63, 3.8) is 0 Å². The number of aromatic nitrogens is 1. The first-order chi connectivity index (χ1) is 9.51. The molecule has 1 aromatic heterocycles. The summed E-state index contributed by atoms with van der Waals surface area (Å²) in [6, 6.07) is 3.76. The van der Waals surface area contributed by atoms with Gasteiger partial charge in [-0.1, -0.05) is 20.8 Å². The van der Waals surface area contributed by atoms with Crippen molar-refractivity contribution in [1.82, 2.24) is 9.88 Å². The molecular formula is C16H25N3O. The molecule has 0 spiro atoms. The number of amides is 1. The summed E-state index contributed by atoms with van der Waals surface area (Å²) in [7, 11) is 0. The van der Waals surface area contributed by atoms with E-state index in [1.807, 2.05) is 24.0 Å². The van der Waals surface area contributed by atoms with Gasteiger partial charge in [-0.3, -0.25) is 4.79 Å². The van der Waals surface area contributed by atoms with Crippen LogP contribution in [0, 0.1) is 18.8 Å². The van der Waals surface area contributed by atoms with Crippen molar-refractivity contribution in [3.05, 3.63) is 23.4 Å². The van der Waals surface area contributed by atoms with E-state index in [0.717, 1.165) is 43.1 Å². The molecular weight excluding hydrogens is 250 g/mol. The van der Waals surface area contributed by atoms with E-state index in [2.05, 4.69) is 31.1 Å². The van der Waals surface area contributed by atoms with E-state index < -0.39 is 0 Å². The van der Waals surface area contributed by atoms with Gasteiger partial charge in [-0.2, -0.15) is 0 Å². The highest BCUT2D eigenvalue weighted by Gasteiger charge is 2.30. The molecule has 2 atom stereocenters. The van der Waals surface area contributed by atoms with Gasteiger partial charge < -0.3 is 10.2 Å². The standard InChI is InChI=1S/C16H25N3O/c1-5-6-17-15-8-14(7-13(4)18-15)16(20)19-9-11(2)12(3)10-19/h7-8,11-12H,5-6,9-10H2,1-4H3,(H,17,18). The Morgan fingerprint density at radius 1 is 1.35 bits per heavy atom. The molecule has 1 aliphatic heterocycles. The van der Waals surface area contributed by atoms with Gasteiger partial charge >= 0.3 is 0 Å². The lowest BCUT2D eigenvalue weighted by atomic mass is 10.0. The fourth-order valence-corrected chi connectivity index (χ4v) is 2.61. The molecule has 0 bridgehead atoms. The quantitative estimate of drug-likeness (QED) is 0.919. The lowest BCUT2D eigenvalue weighted by molar-refractivity contribution is 0.0785. The molecule has 110 valence electrons. The number of hydrogen-bond donors (Lipinski definition) is 1. The van der Waals surface area contributed by atoms with Crippen molar-refractivity contribution in [3.8, 4) is 0 Å². The molecule has 1 aliphatic rings. The topological polar surface area (TPSA) is 45.2 Å². The minimum Gasteiger partial charge on any atom is -0.370 e. The van der Waals surface area contributed by atoms with Gasteiger partial charge in [0.1, 0.15) is 5.82 Å². The Morgan fingerprint density at radius 2 is 2.00 bits per heavy atom. The second-order valence-electron chi connectivity index (χ2n) is 5.97. The molecule has 1 aromatic rings. The summed E-state index contributed by atoms with van der Waals surface area (Å²) in [6.07, 6.45) is 1.04. The van der Waals surface area contributed by atoms with Gasteiger partial charge in [-0.25, -0.2) is 4.98 Å². The first-order valence-corrected chi connectivity index (χ1v) is 7.53. The summed E-state index contributed by atoms with van der Waals surface area (Å²) in [6.45, 7) is 11.1. The Bertz CT molecular complexity index is 477. The fraction of sp³-hybridized carbons (Fsp3) is 0.625. The van der Waals surface area contributed by atoms with Gasteiger partial charge in [-0.05, 0) is 37.3 Å². The van der Waals surface area contributed by atoms with E-state index in [0.29, 0.717) is 11.8 Å². The van der Waals surface area contributed by atoms with Gasteiger partial charge in [-0.15, -0.1) is 0 Å². The van der Waals surface area contributed by atoms with E-state index in [-0.39, 0.29) is 5.91 Å². The number of carbonyl (C=O) groups excluding carboxylic acids is 1. The first kappa shape index (κ1) is 14.8. The van der Waals surface area contributed by atoms with E-state index >= 15 is 0 Å². The Balaban J connectivity index is 2.15. The Hall–Kier alpha value is -1.58. The van der Waals surface area contributed by atoms with Crippen molar-refractivity contribution in [2.24, 2.45) is 11.8 Å². The largest absolute Gasteiger partial charge is 0.370 e. The molecule has 0 aliphatic carbocycles. The van der Waals surface area contributed by atoms with Crippen molar-refractivity contribution < 1.29 is 4.79 Å². The minimum absolute atomic E-state index is 0.131. The van der Waals surface area contributed by atoms with Gasteiger partial charge in [0.2, 0.25) is 0 Å². The van der Waals surface area contributed by atoms with Crippen LogP contribution in [0.5, 0.6) is 0 Å². The highest BCUT2D eigenvalue weighted by Crippen LogP contribution is 2.24. The van der Waals surface area contributed by atoms with Crippen LogP contribution >= 0.6 is 0 Å². The maximum Gasteiger partial charge on any atom is 0.254 e. The molecule has 20 heavy (non-hydrogen) atoms. The van der Waals surface area contributed by atoms with Crippen LogP contribution in [-0.4, -0.2) is 35.4 Å². The maximum absolute atomic E-state index is 12.6. The van der Waals surface area contributed by atoms with Crippen LogP contribution in [0.1, 0.15) is 43.2 Å². The number of hydrogen-bond acceptors (Lipinski definition) is 3. The summed E-state index contributed by atoms with van der Waals surface area (Å²) in [5, 5.41) is 3.26. The number of nitrogens with zero attached hydrogens (tertiary/aromatic N) is 2. The predicted octanol–water partition coefficient (Wildman–Crippen LogP) is 2.94. The third kappa shape index (κ3) is 3.30. The van der Waals surface area contributed by atoms with E-state index in [4.69, 9.17) is 0 Å². The highest BCUT2D eigenvalue weighted by molar-refractivity contribution is 5.95. The van der Waals surface area contributed by atoms with Crippen molar-refractivity contribution in [1.29, 1.82) is 0 Å². The predicted molar refractivity (Wildman–Crippen MR) is 82.0 cm³/mol. The number of likely N-dealkylation sites (tertiary alicyclic amines) is 1. The Labute approximate surface area is 121 Å². The zero-order valence-corrected chi connectivity index (χ0v) is 12.9. The molecule has 1 saturated heterocycles. The monoisotopic (exact) mass is 275 g/mol. The van der Waals surface area contributed by atoms with Crippen molar-refractivity contribution >= 4 is 11.7 Å². The summed E-state index contributed by atoms with van der Waals surface area (Å²) in [4.78, 5) is 19.0. The zero-order chi connectivity index (χ0) is 14.7. The SMILES string of the molecule is CCCNc1cc(C(=O)N2CC(C)C(C)C2)cc(C)n1. The normalized spacial score (nSPS) is 22.1. The van der Waals surface area contributed by atoms with Crippen molar-refractivity contribution in [2.45, 2.75) is 34.1 Å². The third-order valence-corrected chi connectivity index (χ3v) is 4.03. The lowest BCUT2D eigenvalue weighted by Crippen LogP contribution is -2.29. The number of anilines is 1. The molecule has 1 amide bonds. The average Bonchev–Trinajstić information content (AvgIpc) is 2.75. The zero-order valence-electron chi connectivity index (χ0n) is 12.9.